The third kappa shape index (κ3) is 4.40. The van der Waals surface area contributed by atoms with E-state index in [1.165, 1.54) is 11.3 Å². The van der Waals surface area contributed by atoms with Gasteiger partial charge in [0.1, 0.15) is 19.9 Å². The summed E-state index contributed by atoms with van der Waals surface area (Å²) >= 11 is 1.64. The number of nitrogens with zero attached hydrogens (tertiary/aromatic N) is 1. The van der Waals surface area contributed by atoms with Crippen molar-refractivity contribution in [1.29, 1.82) is 0 Å². The van der Waals surface area contributed by atoms with Gasteiger partial charge in [-0.15, -0.1) is 0 Å². The van der Waals surface area contributed by atoms with Crippen LogP contribution in [0.4, 0.5) is 0 Å². The van der Waals surface area contributed by atoms with E-state index in [4.69, 9.17) is 4.74 Å². The zero-order chi connectivity index (χ0) is 16.2. The molecule has 4 heteroatoms. The molecule has 0 unspecified atom stereocenters. The molecule has 24 heavy (non-hydrogen) atoms. The number of hydrogen-bond donors (Lipinski definition) is 0. The molecular formula is C20H20BrNOS. The van der Waals surface area contributed by atoms with Gasteiger partial charge in [-0.25, -0.2) is 4.58 Å². The first-order chi connectivity index (χ1) is 11.1. The van der Waals surface area contributed by atoms with E-state index >= 15 is 0 Å². The molecule has 1 aliphatic heterocycles. The lowest BCUT2D eigenvalue weighted by Gasteiger charge is -2.07. The monoisotopic (exact) mass is 401 g/mol. The first-order valence-corrected chi connectivity index (χ1v) is 8.44. The molecule has 1 heterocycles. The highest BCUT2D eigenvalue weighted by molar-refractivity contribution is 8.06. The molecule has 0 atom stereocenters. The molecule has 0 amide bonds. The molecule has 0 saturated heterocycles. The summed E-state index contributed by atoms with van der Waals surface area (Å²) in [6.45, 7) is 2.09. The van der Waals surface area contributed by atoms with Gasteiger partial charge in [0.15, 0.2) is 10.8 Å². The highest BCUT2D eigenvalue weighted by Gasteiger charge is 2.16. The first kappa shape index (κ1) is 18.6. The van der Waals surface area contributed by atoms with E-state index in [1.54, 1.807) is 11.8 Å². The van der Waals surface area contributed by atoms with Crippen LogP contribution in [0, 0.1) is 0 Å². The molecule has 0 spiro atoms. The minimum Gasteiger partial charge on any atom is -1.00 e. The van der Waals surface area contributed by atoms with Gasteiger partial charge in [0, 0.05) is 23.1 Å². The van der Waals surface area contributed by atoms with Crippen molar-refractivity contribution in [3.05, 3.63) is 87.9 Å². The number of rotatable bonds is 2. The van der Waals surface area contributed by atoms with E-state index in [0.717, 1.165) is 22.0 Å². The Morgan fingerprint density at radius 3 is 2.33 bits per heavy atom. The fourth-order valence-corrected chi connectivity index (χ4v) is 3.12. The van der Waals surface area contributed by atoms with Crippen LogP contribution in [0.25, 0.3) is 5.76 Å². The van der Waals surface area contributed by atoms with Gasteiger partial charge in [-0.2, -0.15) is 0 Å². The maximum absolute atomic E-state index is 6.01. The van der Waals surface area contributed by atoms with Crippen LogP contribution < -0.4 is 17.0 Å². The molecule has 1 aromatic rings. The number of halogens is 1. The summed E-state index contributed by atoms with van der Waals surface area (Å²) in [5.41, 5.74) is 4.62. The molecule has 3 rings (SSSR count). The van der Waals surface area contributed by atoms with Crippen LogP contribution in [0.3, 0.4) is 0 Å². The van der Waals surface area contributed by atoms with Gasteiger partial charge >= 0.3 is 0 Å². The molecule has 124 valence electrons. The van der Waals surface area contributed by atoms with Gasteiger partial charge in [0.25, 0.3) is 0 Å². The quantitative estimate of drug-likeness (QED) is 0.699. The molecule has 1 aromatic carbocycles. The molecule has 2 aliphatic rings. The SMILES string of the molecule is C/C(C=C1C=CC(=[N+](C)C)C=C1)=C1\OC(c2ccccc2)=CS1.[Br-]. The summed E-state index contributed by atoms with van der Waals surface area (Å²) in [5.74, 6) is 0.918. The lowest BCUT2D eigenvalue weighted by molar-refractivity contribution is -0.462. The van der Waals surface area contributed by atoms with E-state index in [9.17, 15) is 0 Å². The number of ether oxygens (including phenoxy) is 1. The second-order valence-corrected chi connectivity index (χ2v) is 6.51. The van der Waals surface area contributed by atoms with Crippen molar-refractivity contribution in [3.8, 4) is 0 Å². The van der Waals surface area contributed by atoms with Gasteiger partial charge < -0.3 is 21.7 Å². The fraction of sp³-hybridized carbons (Fsp3) is 0.150. The molecule has 0 bridgehead atoms. The van der Waals surface area contributed by atoms with Crippen LogP contribution in [-0.4, -0.2) is 24.4 Å². The molecule has 1 aliphatic carbocycles. The third-order valence-corrected chi connectivity index (χ3v) is 4.60. The van der Waals surface area contributed by atoms with Crippen molar-refractivity contribution in [3.63, 3.8) is 0 Å². The van der Waals surface area contributed by atoms with Crippen LogP contribution in [-0.2, 0) is 4.74 Å². The van der Waals surface area contributed by atoms with Gasteiger partial charge in [0.05, 0.1) is 0 Å². The van der Waals surface area contributed by atoms with Gasteiger partial charge in [-0.05, 0) is 36.3 Å². The predicted molar refractivity (Wildman–Crippen MR) is 99.3 cm³/mol. The van der Waals surface area contributed by atoms with E-state index in [2.05, 4.69) is 59.4 Å². The maximum Gasteiger partial charge on any atom is 0.199 e. The third-order valence-electron chi connectivity index (χ3n) is 3.65. The van der Waals surface area contributed by atoms with Crippen molar-refractivity contribution < 1.29 is 26.3 Å². The molecule has 0 aromatic heterocycles. The Labute approximate surface area is 158 Å². The molecule has 0 saturated carbocycles. The number of hydrogen-bond acceptors (Lipinski definition) is 2. The molecule has 0 radical (unpaired) electrons. The van der Waals surface area contributed by atoms with Gasteiger partial charge in [0.2, 0.25) is 0 Å². The first-order valence-electron chi connectivity index (χ1n) is 7.56. The summed E-state index contributed by atoms with van der Waals surface area (Å²) in [6.07, 6.45) is 10.7. The lowest BCUT2D eigenvalue weighted by Crippen LogP contribution is -3.00. The van der Waals surface area contributed by atoms with Gasteiger partial charge in [-0.1, -0.05) is 42.1 Å². The minimum atomic E-state index is 0. The standard InChI is InChI=1S/C20H20NOS.BrH/c1-15(13-16-9-11-18(12-10-16)21(2)3)20-22-19(14-23-20)17-7-5-4-6-8-17;/h4-14H,1-3H3;1H/q+1;/p-1/b20-15-;. The van der Waals surface area contributed by atoms with Crippen LogP contribution >= 0.6 is 11.8 Å². The summed E-state index contributed by atoms with van der Waals surface area (Å²) in [6, 6.07) is 10.2. The van der Waals surface area contributed by atoms with Crippen molar-refractivity contribution in [2.45, 2.75) is 6.92 Å². The summed E-state index contributed by atoms with van der Waals surface area (Å²) in [5, 5.41) is 3.01. The summed E-state index contributed by atoms with van der Waals surface area (Å²) in [7, 11) is 4.09. The average Bonchev–Trinajstić information content (AvgIpc) is 3.06. The Balaban J connectivity index is 0.00000208. The van der Waals surface area contributed by atoms with E-state index in [1.807, 2.05) is 32.3 Å². The smallest absolute Gasteiger partial charge is 0.199 e. The molecule has 2 nitrogen and oxygen atoms in total. The second kappa shape index (κ2) is 8.36. The topological polar surface area (TPSA) is 12.2 Å². The van der Waals surface area contributed by atoms with Crippen molar-refractivity contribution >= 4 is 23.2 Å². The Kier molecular flexibility index (Phi) is 6.46. The Morgan fingerprint density at radius 1 is 1.04 bits per heavy atom. The number of thioether (sulfide) groups is 1. The highest BCUT2D eigenvalue weighted by atomic mass is 79.9. The Morgan fingerprint density at radius 2 is 1.71 bits per heavy atom. The van der Waals surface area contributed by atoms with Crippen LogP contribution in [0.2, 0.25) is 0 Å². The van der Waals surface area contributed by atoms with E-state index in [-0.39, 0.29) is 17.0 Å². The molecule has 0 N–H and O–H groups in total. The fourth-order valence-electron chi connectivity index (χ4n) is 2.34. The van der Waals surface area contributed by atoms with Crippen LogP contribution in [0.1, 0.15) is 12.5 Å². The van der Waals surface area contributed by atoms with Crippen molar-refractivity contribution in [2.75, 3.05) is 14.1 Å². The average molecular weight is 402 g/mol. The van der Waals surface area contributed by atoms with Crippen LogP contribution in [0.15, 0.2) is 82.4 Å². The largest absolute Gasteiger partial charge is 1.00 e. The summed E-state index contributed by atoms with van der Waals surface area (Å²) < 4.78 is 8.11. The zero-order valence-corrected chi connectivity index (χ0v) is 16.4. The maximum atomic E-state index is 6.01. The number of allylic oxidation sites excluding steroid dienone is 7. The second-order valence-electron chi connectivity index (χ2n) is 5.67. The van der Waals surface area contributed by atoms with E-state index in [0.29, 0.717) is 0 Å². The number of benzene rings is 1. The zero-order valence-electron chi connectivity index (χ0n) is 14.0. The van der Waals surface area contributed by atoms with Crippen LogP contribution in [0.5, 0.6) is 0 Å². The Hall–Kier alpha value is -1.78. The lowest BCUT2D eigenvalue weighted by atomic mass is 10.1. The predicted octanol–water partition coefficient (Wildman–Crippen LogP) is 1.75. The van der Waals surface area contributed by atoms with E-state index < -0.39 is 0 Å². The van der Waals surface area contributed by atoms with Crippen molar-refractivity contribution in [1.82, 2.24) is 0 Å². The molecular weight excluding hydrogens is 382 g/mol. The highest BCUT2D eigenvalue weighted by Crippen LogP contribution is 2.38. The summed E-state index contributed by atoms with van der Waals surface area (Å²) in [4.78, 5) is 0. The Bertz CT molecular complexity index is 776. The van der Waals surface area contributed by atoms with Gasteiger partial charge in [-0.3, -0.25) is 0 Å². The normalized spacial score (nSPS) is 17.9. The molecule has 0 fully saturated rings. The minimum absolute atomic E-state index is 0. The van der Waals surface area contributed by atoms with Crippen molar-refractivity contribution in [2.24, 2.45) is 0 Å².